The molecule has 0 spiro atoms. The number of aliphatic hydroxyl groups is 4. The number of aliphatic hydroxyl groups excluding tert-OH is 3. The Kier molecular flexibility index (Phi) is 6.21. The summed E-state index contributed by atoms with van der Waals surface area (Å²) in [6, 6.07) is 8.12. The molecule has 2 aromatic carbocycles. The number of carbonyl (C=O) groups is 4. The van der Waals surface area contributed by atoms with Crippen LogP contribution in [0.5, 0.6) is 5.75 Å². The van der Waals surface area contributed by atoms with Gasteiger partial charge in [0.2, 0.25) is 5.78 Å². The zero-order valence-electron chi connectivity index (χ0n) is 21.8. The number of amides is 1. The molecular formula is C29H28N2O9. The van der Waals surface area contributed by atoms with Crippen LogP contribution in [0.3, 0.4) is 0 Å². The average Bonchev–Trinajstić information content (AvgIpc) is 2.90. The molecule has 11 nitrogen and oxygen atoms in total. The molecule has 208 valence electrons. The van der Waals surface area contributed by atoms with Crippen molar-refractivity contribution < 1.29 is 44.7 Å². The Balaban J connectivity index is 1.76. The molecule has 7 N–H and O–H groups in total. The first-order chi connectivity index (χ1) is 18.8. The van der Waals surface area contributed by atoms with Crippen LogP contribution in [0.25, 0.3) is 16.9 Å². The van der Waals surface area contributed by atoms with E-state index < -0.39 is 75.6 Å². The first-order valence-electron chi connectivity index (χ1n) is 12.5. The van der Waals surface area contributed by atoms with Gasteiger partial charge in [0, 0.05) is 22.6 Å². The molecule has 5 rings (SSSR count). The number of phenols is 1. The van der Waals surface area contributed by atoms with Crippen molar-refractivity contribution in [2.45, 2.75) is 30.6 Å². The van der Waals surface area contributed by atoms with Crippen molar-refractivity contribution in [3.05, 3.63) is 70.0 Å². The third kappa shape index (κ3) is 3.41. The van der Waals surface area contributed by atoms with Crippen molar-refractivity contribution in [3.63, 3.8) is 0 Å². The molecule has 0 aromatic heterocycles. The molecule has 2 aromatic rings. The molecule has 0 radical (unpaired) electrons. The number of benzene rings is 2. The van der Waals surface area contributed by atoms with E-state index in [0.717, 1.165) is 0 Å². The molecule has 1 amide bonds. The van der Waals surface area contributed by atoms with E-state index >= 15 is 0 Å². The maximum atomic E-state index is 14.0. The van der Waals surface area contributed by atoms with Gasteiger partial charge in [-0.05, 0) is 31.1 Å². The first kappa shape index (κ1) is 27.3. The van der Waals surface area contributed by atoms with Crippen LogP contribution in [0.1, 0.15) is 34.3 Å². The Labute approximate surface area is 228 Å². The summed E-state index contributed by atoms with van der Waals surface area (Å²) in [4.78, 5) is 51.8. The van der Waals surface area contributed by atoms with Crippen molar-refractivity contribution in [1.82, 2.24) is 4.90 Å². The number of nitrogens with two attached hydrogens (primary N) is 1. The fourth-order valence-corrected chi connectivity index (χ4v) is 6.59. The Morgan fingerprint density at radius 1 is 1.05 bits per heavy atom. The standard InChI is InChI=1S/C29H28N2O9/c1-11-14-8-9-15(13-6-4-12(10-32)5-7-13)22(33)17(14)23(34)18-16(11)24(35)20-21(31(2)3)25(36)19(28(30)39)27(38)29(20,40)26(18)37/h4-11,16,20-21,24,33-35,38,40H,1-3H3,(H2,30,39)/t11-,16+,20+,21-,24-,29-/m1/s1. The lowest BCUT2D eigenvalue weighted by Gasteiger charge is -2.53. The smallest absolute Gasteiger partial charge is 0.255 e. The van der Waals surface area contributed by atoms with E-state index in [1.165, 1.54) is 19.0 Å². The monoisotopic (exact) mass is 548 g/mol. The second-order valence-electron chi connectivity index (χ2n) is 10.7. The van der Waals surface area contributed by atoms with Crippen molar-refractivity contribution >= 4 is 29.5 Å². The average molecular weight is 549 g/mol. The highest BCUT2D eigenvalue weighted by Crippen LogP contribution is 2.56. The number of primary amides is 1. The maximum Gasteiger partial charge on any atom is 0.255 e. The lowest BCUT2D eigenvalue weighted by molar-refractivity contribution is -0.169. The summed E-state index contributed by atoms with van der Waals surface area (Å²) in [5.41, 5.74) is 2.43. The number of likely N-dealkylation sites (N-methyl/N-ethyl adjacent to an activating group) is 1. The minimum absolute atomic E-state index is 0.104. The lowest BCUT2D eigenvalue weighted by atomic mass is 9.54. The lowest BCUT2D eigenvalue weighted by Crippen LogP contribution is -2.70. The van der Waals surface area contributed by atoms with Crippen molar-refractivity contribution in [1.29, 1.82) is 0 Å². The zero-order chi connectivity index (χ0) is 29.4. The summed E-state index contributed by atoms with van der Waals surface area (Å²) in [7, 11) is 2.90. The molecule has 6 atom stereocenters. The number of aldehydes is 1. The van der Waals surface area contributed by atoms with Crippen LogP contribution in [0.4, 0.5) is 0 Å². The maximum absolute atomic E-state index is 14.0. The molecule has 0 bridgehead atoms. The minimum atomic E-state index is -2.97. The highest BCUT2D eigenvalue weighted by molar-refractivity contribution is 6.24. The second kappa shape index (κ2) is 9.12. The quantitative estimate of drug-likeness (QED) is 0.236. The van der Waals surface area contributed by atoms with Gasteiger partial charge < -0.3 is 31.3 Å². The third-order valence-electron chi connectivity index (χ3n) is 8.49. The van der Waals surface area contributed by atoms with Gasteiger partial charge in [-0.3, -0.25) is 24.1 Å². The second-order valence-corrected chi connectivity index (χ2v) is 10.7. The van der Waals surface area contributed by atoms with Crippen molar-refractivity contribution in [2.24, 2.45) is 17.6 Å². The van der Waals surface area contributed by atoms with Crippen LogP contribution in [0.2, 0.25) is 0 Å². The zero-order valence-corrected chi connectivity index (χ0v) is 21.8. The Hall–Kier alpha value is -4.32. The number of aromatic hydroxyl groups is 1. The van der Waals surface area contributed by atoms with Crippen LogP contribution < -0.4 is 5.73 Å². The fraction of sp³-hybridized carbons (Fsp3) is 0.310. The number of nitrogens with zero attached hydrogens (tertiary/aromatic N) is 1. The SMILES string of the molecule is C[C@@H]1c2ccc(-c3ccc(C=O)cc3)c(O)c2C(O)=C2C(=O)[C@@]3(O)C(O)=C(C(N)=O)C(=O)[C@H](N(C)C)[C@H]3[C@H](O)[C@H]21. The number of Topliss-reactive ketones (excluding diaryl/α,β-unsaturated/α-hetero) is 2. The topological polar surface area (TPSA) is 199 Å². The summed E-state index contributed by atoms with van der Waals surface area (Å²) >= 11 is 0. The van der Waals surface area contributed by atoms with Gasteiger partial charge in [0.25, 0.3) is 5.91 Å². The molecular weight excluding hydrogens is 520 g/mol. The molecule has 0 heterocycles. The summed E-state index contributed by atoms with van der Waals surface area (Å²) in [5.74, 6) is -9.39. The van der Waals surface area contributed by atoms with Gasteiger partial charge in [-0.15, -0.1) is 0 Å². The van der Waals surface area contributed by atoms with Gasteiger partial charge in [-0.1, -0.05) is 43.3 Å². The fourth-order valence-electron chi connectivity index (χ4n) is 6.59. The molecule has 1 saturated carbocycles. The molecule has 1 fully saturated rings. The Morgan fingerprint density at radius 2 is 1.68 bits per heavy atom. The summed E-state index contributed by atoms with van der Waals surface area (Å²) < 4.78 is 0. The van der Waals surface area contributed by atoms with E-state index in [1.807, 2.05) is 0 Å². The molecule has 3 aliphatic carbocycles. The molecule has 3 aliphatic rings. The molecule has 40 heavy (non-hydrogen) atoms. The predicted molar refractivity (Wildman–Crippen MR) is 141 cm³/mol. The van der Waals surface area contributed by atoms with E-state index in [1.54, 1.807) is 43.3 Å². The number of phenolic OH excluding ortho intramolecular Hbond substituents is 1. The van der Waals surface area contributed by atoms with Crippen LogP contribution in [0.15, 0.2) is 53.3 Å². The van der Waals surface area contributed by atoms with E-state index in [0.29, 0.717) is 23.0 Å². The van der Waals surface area contributed by atoms with Crippen molar-refractivity contribution in [3.8, 4) is 16.9 Å². The number of fused-ring (bicyclic) bond motifs is 3. The van der Waals surface area contributed by atoms with E-state index in [4.69, 9.17) is 5.73 Å². The van der Waals surface area contributed by atoms with Gasteiger partial charge in [-0.2, -0.15) is 0 Å². The van der Waals surface area contributed by atoms with Gasteiger partial charge in [-0.25, -0.2) is 0 Å². The van der Waals surface area contributed by atoms with E-state index in [9.17, 15) is 44.7 Å². The molecule has 11 heteroatoms. The third-order valence-corrected chi connectivity index (χ3v) is 8.49. The number of ketones is 2. The Bertz CT molecular complexity index is 1560. The summed E-state index contributed by atoms with van der Waals surface area (Å²) in [5, 5.41) is 57.1. The summed E-state index contributed by atoms with van der Waals surface area (Å²) in [6.07, 6.45) is -0.992. The van der Waals surface area contributed by atoms with Crippen molar-refractivity contribution in [2.75, 3.05) is 14.1 Å². The minimum Gasteiger partial charge on any atom is -0.508 e. The molecule has 0 saturated heterocycles. The van der Waals surface area contributed by atoms with Gasteiger partial charge in [0.05, 0.1) is 23.6 Å². The van der Waals surface area contributed by atoms with Crippen LogP contribution >= 0.6 is 0 Å². The number of hydrogen-bond acceptors (Lipinski definition) is 10. The Morgan fingerprint density at radius 3 is 2.23 bits per heavy atom. The summed E-state index contributed by atoms with van der Waals surface area (Å²) in [6.45, 7) is 1.66. The van der Waals surface area contributed by atoms with Crippen LogP contribution in [-0.2, 0) is 14.4 Å². The van der Waals surface area contributed by atoms with E-state index in [2.05, 4.69) is 0 Å². The molecule has 0 unspecified atom stereocenters. The van der Waals surface area contributed by atoms with Gasteiger partial charge in [0.15, 0.2) is 11.4 Å². The van der Waals surface area contributed by atoms with Crippen LogP contribution in [-0.4, -0.2) is 86.0 Å². The number of carbonyl (C=O) groups excluding carboxylic acids is 4. The van der Waals surface area contributed by atoms with Gasteiger partial charge in [0.1, 0.15) is 29.1 Å². The normalized spacial score (nSPS) is 29.7. The highest BCUT2D eigenvalue weighted by Gasteiger charge is 2.68. The number of hydrogen-bond donors (Lipinski definition) is 6. The number of rotatable bonds is 4. The molecule has 0 aliphatic heterocycles. The van der Waals surface area contributed by atoms with Crippen LogP contribution in [0, 0.1) is 11.8 Å². The predicted octanol–water partition coefficient (Wildman–Crippen LogP) is 0.975. The largest absolute Gasteiger partial charge is 0.508 e. The van der Waals surface area contributed by atoms with E-state index in [-0.39, 0.29) is 16.9 Å². The highest BCUT2D eigenvalue weighted by atomic mass is 16.4. The van der Waals surface area contributed by atoms with Gasteiger partial charge >= 0.3 is 0 Å². The first-order valence-corrected chi connectivity index (χ1v) is 12.5.